The number of carbonyl (C=O) groups is 1. The highest BCUT2D eigenvalue weighted by Crippen LogP contribution is 2.19. The number of unbranched alkanes of at least 4 members (excludes halogenated alkanes) is 2. The first-order valence-corrected chi connectivity index (χ1v) is 9.77. The summed E-state index contributed by atoms with van der Waals surface area (Å²) in [7, 11) is 0. The molecule has 3 aromatic rings. The van der Waals surface area contributed by atoms with Crippen LogP contribution < -0.4 is 0 Å². The highest BCUT2D eigenvalue weighted by atomic mass is 16.7. The van der Waals surface area contributed by atoms with Crippen LogP contribution in [0.5, 0.6) is 0 Å². The van der Waals surface area contributed by atoms with Crippen LogP contribution in [0, 0.1) is 0 Å². The van der Waals surface area contributed by atoms with Crippen molar-refractivity contribution in [2.75, 3.05) is 0 Å². The lowest BCUT2D eigenvalue weighted by molar-refractivity contribution is 0.0515. The Morgan fingerprint density at radius 1 is 0.750 bits per heavy atom. The number of carbonyl (C=O) groups excluding carboxylic acids is 1. The molecule has 3 aromatic carbocycles. The van der Waals surface area contributed by atoms with Gasteiger partial charge in [-0.1, -0.05) is 97.7 Å². The lowest BCUT2D eigenvalue weighted by atomic mass is 10.0. The molecule has 0 atom stereocenters. The van der Waals surface area contributed by atoms with E-state index in [1.165, 1.54) is 0 Å². The summed E-state index contributed by atoms with van der Waals surface area (Å²) >= 11 is 0. The van der Waals surface area contributed by atoms with Gasteiger partial charge in [0.25, 0.3) is 0 Å². The maximum Gasteiger partial charge on any atom is 0.365 e. The zero-order valence-corrected chi connectivity index (χ0v) is 16.2. The van der Waals surface area contributed by atoms with Gasteiger partial charge in [-0.2, -0.15) is 0 Å². The molecule has 0 saturated heterocycles. The molecule has 0 fully saturated rings. The van der Waals surface area contributed by atoms with E-state index in [1.54, 1.807) is 12.1 Å². The third-order valence-corrected chi connectivity index (χ3v) is 4.59. The molecule has 142 valence electrons. The zero-order chi connectivity index (χ0) is 19.6. The van der Waals surface area contributed by atoms with Crippen LogP contribution in [-0.4, -0.2) is 11.7 Å². The Labute approximate surface area is 166 Å². The van der Waals surface area contributed by atoms with Gasteiger partial charge in [0.2, 0.25) is 0 Å². The fourth-order valence-electron chi connectivity index (χ4n) is 2.99. The molecule has 0 saturated carbocycles. The summed E-state index contributed by atoms with van der Waals surface area (Å²) in [5, 5.41) is 4.19. The van der Waals surface area contributed by atoms with Crippen LogP contribution in [0.4, 0.5) is 0 Å². The predicted octanol–water partition coefficient (Wildman–Crippen LogP) is 6.50. The van der Waals surface area contributed by atoms with E-state index in [-0.39, 0.29) is 0 Å². The molecule has 0 spiro atoms. The fourth-order valence-corrected chi connectivity index (χ4v) is 2.99. The monoisotopic (exact) mass is 371 g/mol. The highest BCUT2D eigenvalue weighted by molar-refractivity contribution is 6.01. The minimum atomic E-state index is -0.441. The van der Waals surface area contributed by atoms with E-state index < -0.39 is 5.97 Å². The average Bonchev–Trinajstić information content (AvgIpc) is 2.77. The van der Waals surface area contributed by atoms with Crippen LogP contribution in [0.15, 0.2) is 90.1 Å². The number of nitrogens with zero attached hydrogens (tertiary/aromatic N) is 1. The summed E-state index contributed by atoms with van der Waals surface area (Å²) in [6.07, 6.45) is 4.07. The van der Waals surface area contributed by atoms with Crippen LogP contribution in [-0.2, 0) is 4.84 Å². The normalized spacial score (nSPS) is 11.2. The maximum atomic E-state index is 12.4. The van der Waals surface area contributed by atoms with Crippen LogP contribution in [0.3, 0.4) is 0 Å². The summed E-state index contributed by atoms with van der Waals surface area (Å²) in [6.45, 7) is 2.17. The van der Waals surface area contributed by atoms with Crippen molar-refractivity contribution in [3.8, 4) is 11.1 Å². The second kappa shape index (κ2) is 10.2. The minimum Gasteiger partial charge on any atom is -0.313 e. The number of hydrogen-bond acceptors (Lipinski definition) is 3. The second-order valence-electron chi connectivity index (χ2n) is 6.68. The Morgan fingerprint density at radius 3 is 2.00 bits per heavy atom. The van der Waals surface area contributed by atoms with Crippen molar-refractivity contribution in [3.63, 3.8) is 0 Å². The molecule has 3 heteroatoms. The first kappa shape index (κ1) is 19.6. The summed E-state index contributed by atoms with van der Waals surface area (Å²) in [5.41, 5.74) is 4.46. The fraction of sp³-hybridized carbons (Fsp3) is 0.200. The molecule has 0 N–H and O–H groups in total. The molecule has 3 rings (SSSR count). The molecule has 0 radical (unpaired) electrons. The summed E-state index contributed by atoms with van der Waals surface area (Å²) in [4.78, 5) is 17.7. The van der Waals surface area contributed by atoms with Crippen LogP contribution >= 0.6 is 0 Å². The minimum absolute atomic E-state index is 0.441. The van der Waals surface area contributed by atoms with Crippen molar-refractivity contribution in [1.82, 2.24) is 0 Å². The Balaban J connectivity index is 1.70. The van der Waals surface area contributed by atoms with E-state index in [2.05, 4.69) is 12.1 Å². The van der Waals surface area contributed by atoms with Crippen LogP contribution in [0.25, 0.3) is 11.1 Å². The first-order chi connectivity index (χ1) is 13.8. The second-order valence-corrected chi connectivity index (χ2v) is 6.68. The molecular formula is C25H25NO2. The number of benzene rings is 3. The van der Waals surface area contributed by atoms with Gasteiger partial charge in [0.05, 0.1) is 11.3 Å². The molecule has 0 aliphatic rings. The van der Waals surface area contributed by atoms with E-state index in [0.29, 0.717) is 5.56 Å². The third kappa shape index (κ3) is 5.40. The highest BCUT2D eigenvalue weighted by Gasteiger charge is 2.10. The van der Waals surface area contributed by atoms with Crippen molar-refractivity contribution >= 4 is 11.7 Å². The molecule has 28 heavy (non-hydrogen) atoms. The third-order valence-electron chi connectivity index (χ3n) is 4.59. The smallest absolute Gasteiger partial charge is 0.313 e. The Kier molecular flexibility index (Phi) is 7.14. The van der Waals surface area contributed by atoms with Gasteiger partial charge in [0.15, 0.2) is 0 Å². The van der Waals surface area contributed by atoms with Gasteiger partial charge in [0.1, 0.15) is 0 Å². The molecule has 0 aromatic heterocycles. The van der Waals surface area contributed by atoms with Gasteiger partial charge in [-0.05, 0) is 41.7 Å². The van der Waals surface area contributed by atoms with Gasteiger partial charge in [-0.15, -0.1) is 0 Å². The van der Waals surface area contributed by atoms with E-state index in [4.69, 9.17) is 4.84 Å². The SMILES string of the molecule is CCCCC/C(=N/OC(=O)c1ccc(-c2ccccc2)cc1)c1ccccc1. The topological polar surface area (TPSA) is 38.7 Å². The van der Waals surface area contributed by atoms with Gasteiger partial charge in [-0.25, -0.2) is 4.79 Å². The molecule has 0 aliphatic carbocycles. The molecule has 0 amide bonds. The zero-order valence-electron chi connectivity index (χ0n) is 16.2. The van der Waals surface area contributed by atoms with Gasteiger partial charge >= 0.3 is 5.97 Å². The predicted molar refractivity (Wildman–Crippen MR) is 114 cm³/mol. The largest absolute Gasteiger partial charge is 0.365 e. The number of rotatable bonds is 8. The molecule has 0 unspecified atom stereocenters. The Morgan fingerprint density at radius 2 is 1.36 bits per heavy atom. The standard InChI is InChI=1S/C25H25NO2/c1-2-3-6-15-24(22-13-9-5-10-14-22)26-28-25(27)23-18-16-21(17-19-23)20-11-7-4-8-12-20/h4-5,7-14,16-19H,2-3,6,15H2,1H3/b26-24-. The number of oxime groups is 1. The van der Waals surface area contributed by atoms with Crippen molar-refractivity contribution in [2.45, 2.75) is 32.6 Å². The Bertz CT molecular complexity index is 900. The van der Waals surface area contributed by atoms with E-state index in [0.717, 1.165) is 48.1 Å². The molecule has 0 bridgehead atoms. The average molecular weight is 371 g/mol. The van der Waals surface area contributed by atoms with Crippen LogP contribution in [0.2, 0.25) is 0 Å². The van der Waals surface area contributed by atoms with Gasteiger partial charge in [0, 0.05) is 0 Å². The first-order valence-electron chi connectivity index (χ1n) is 9.77. The van der Waals surface area contributed by atoms with Gasteiger partial charge < -0.3 is 4.84 Å². The van der Waals surface area contributed by atoms with E-state index in [1.807, 2.05) is 72.8 Å². The van der Waals surface area contributed by atoms with Gasteiger partial charge in [-0.3, -0.25) is 0 Å². The summed E-state index contributed by atoms with van der Waals surface area (Å²) in [6, 6.07) is 27.4. The molecule has 3 nitrogen and oxygen atoms in total. The molecule has 0 aliphatic heterocycles. The Hall–Kier alpha value is -3.20. The van der Waals surface area contributed by atoms with Crippen LogP contribution in [0.1, 0.15) is 48.5 Å². The maximum absolute atomic E-state index is 12.4. The summed E-state index contributed by atoms with van der Waals surface area (Å²) < 4.78 is 0. The van der Waals surface area contributed by atoms with E-state index >= 15 is 0 Å². The lowest BCUT2D eigenvalue weighted by Crippen LogP contribution is -2.06. The quantitative estimate of drug-likeness (QED) is 0.196. The van der Waals surface area contributed by atoms with Crippen molar-refractivity contribution in [2.24, 2.45) is 5.16 Å². The van der Waals surface area contributed by atoms with E-state index in [9.17, 15) is 4.79 Å². The van der Waals surface area contributed by atoms with Crippen molar-refractivity contribution in [1.29, 1.82) is 0 Å². The molecular weight excluding hydrogens is 346 g/mol. The number of hydrogen-bond donors (Lipinski definition) is 0. The van der Waals surface area contributed by atoms with Crippen molar-refractivity contribution < 1.29 is 9.63 Å². The molecule has 0 heterocycles. The lowest BCUT2D eigenvalue weighted by Gasteiger charge is -2.07. The van der Waals surface area contributed by atoms with Crippen molar-refractivity contribution in [3.05, 3.63) is 96.1 Å². The summed E-state index contributed by atoms with van der Waals surface area (Å²) in [5.74, 6) is -0.441.